The summed E-state index contributed by atoms with van der Waals surface area (Å²) in [6.45, 7) is 1.73. The molecular formula is C19H31N3O5. The highest BCUT2D eigenvalue weighted by atomic mass is 16.6. The van der Waals surface area contributed by atoms with E-state index < -0.39 is 30.2 Å². The molecule has 8 heteroatoms. The third-order valence-electron chi connectivity index (χ3n) is 5.10. The van der Waals surface area contributed by atoms with Crippen molar-refractivity contribution in [3.8, 4) is 0 Å². The van der Waals surface area contributed by atoms with E-state index in [1.807, 2.05) is 0 Å². The van der Waals surface area contributed by atoms with Crippen LogP contribution in [0.3, 0.4) is 0 Å². The Hall–Kier alpha value is -1.77. The number of rotatable bonds is 11. The Morgan fingerprint density at radius 2 is 2.00 bits per heavy atom. The van der Waals surface area contributed by atoms with Gasteiger partial charge in [0.25, 0.3) is 0 Å². The summed E-state index contributed by atoms with van der Waals surface area (Å²) in [7, 11) is 0. The van der Waals surface area contributed by atoms with Gasteiger partial charge in [0.05, 0.1) is 12.7 Å². The van der Waals surface area contributed by atoms with Crippen molar-refractivity contribution >= 4 is 11.6 Å². The maximum absolute atomic E-state index is 13.0. The topological polar surface area (TPSA) is 128 Å². The average molecular weight is 381 g/mol. The molecule has 0 saturated carbocycles. The van der Waals surface area contributed by atoms with E-state index in [9.17, 15) is 19.8 Å². The van der Waals surface area contributed by atoms with Crippen LogP contribution < -0.4 is 11.4 Å². The van der Waals surface area contributed by atoms with E-state index in [0.29, 0.717) is 6.42 Å². The van der Waals surface area contributed by atoms with Gasteiger partial charge in [-0.3, -0.25) is 9.36 Å². The van der Waals surface area contributed by atoms with Crippen molar-refractivity contribution in [2.45, 2.75) is 82.6 Å². The zero-order valence-corrected chi connectivity index (χ0v) is 16.0. The van der Waals surface area contributed by atoms with Crippen molar-refractivity contribution in [3.05, 3.63) is 22.7 Å². The van der Waals surface area contributed by atoms with Crippen LogP contribution in [0.15, 0.2) is 17.1 Å². The van der Waals surface area contributed by atoms with Crippen molar-refractivity contribution in [2.75, 3.05) is 12.3 Å². The molecule has 1 aromatic rings. The van der Waals surface area contributed by atoms with Gasteiger partial charge >= 0.3 is 5.69 Å². The summed E-state index contributed by atoms with van der Waals surface area (Å²) < 4.78 is 6.81. The molecule has 27 heavy (non-hydrogen) atoms. The number of aliphatic hydroxyl groups excluding tert-OH is 2. The summed E-state index contributed by atoms with van der Waals surface area (Å²) in [6, 6.07) is 1.41. The van der Waals surface area contributed by atoms with Crippen molar-refractivity contribution < 1.29 is 19.7 Å². The van der Waals surface area contributed by atoms with Gasteiger partial charge in [-0.1, -0.05) is 45.4 Å². The number of anilines is 1. The first-order chi connectivity index (χ1) is 12.9. The second kappa shape index (κ2) is 9.96. The molecule has 2 heterocycles. The highest BCUT2D eigenvalue weighted by Gasteiger charge is 2.52. The standard InChI is InChI=1S/C19H31N3O5/c1-2-3-4-5-6-7-8-9-16(25)19(12-14(24)15(13-23)27-19)22-11-10-17(20)21-18(22)26/h10-11,14-15,23-24H,2-9,12-13H2,1H3,(H2,20,21,26)/t14-,15+,19-/m0/s1. The molecule has 0 bridgehead atoms. The zero-order valence-electron chi connectivity index (χ0n) is 16.0. The number of nitrogen functional groups attached to an aromatic ring is 1. The van der Waals surface area contributed by atoms with Crippen LogP contribution >= 0.6 is 0 Å². The molecule has 1 aliphatic rings. The van der Waals surface area contributed by atoms with Gasteiger partial charge in [0, 0.05) is 19.0 Å². The number of nitrogens with zero attached hydrogens (tertiary/aromatic N) is 2. The second-order valence-electron chi connectivity index (χ2n) is 7.19. The fraction of sp³-hybridized carbons (Fsp3) is 0.737. The molecule has 0 aromatic carbocycles. The van der Waals surface area contributed by atoms with Crippen LogP contribution in [0.5, 0.6) is 0 Å². The lowest BCUT2D eigenvalue weighted by Crippen LogP contribution is -2.48. The number of hydrogen-bond acceptors (Lipinski definition) is 7. The number of unbranched alkanes of at least 4 members (excludes halogenated alkanes) is 6. The zero-order chi connectivity index (χ0) is 19.9. The molecule has 1 aliphatic heterocycles. The van der Waals surface area contributed by atoms with Gasteiger partial charge in [0.1, 0.15) is 11.9 Å². The quantitative estimate of drug-likeness (QED) is 0.493. The fourth-order valence-corrected chi connectivity index (χ4v) is 3.55. The Morgan fingerprint density at radius 1 is 1.33 bits per heavy atom. The highest BCUT2D eigenvalue weighted by molar-refractivity contribution is 5.85. The predicted molar refractivity (Wildman–Crippen MR) is 101 cm³/mol. The Kier molecular flexibility index (Phi) is 7.94. The Balaban J connectivity index is 2.09. The smallest absolute Gasteiger partial charge is 0.352 e. The number of aromatic nitrogens is 2. The molecule has 1 saturated heterocycles. The van der Waals surface area contributed by atoms with Crippen LogP contribution in [0.1, 0.15) is 64.7 Å². The van der Waals surface area contributed by atoms with Gasteiger partial charge in [-0.25, -0.2) is 4.79 Å². The molecule has 1 aromatic heterocycles. The summed E-state index contributed by atoms with van der Waals surface area (Å²) in [5.41, 5.74) is 3.17. The van der Waals surface area contributed by atoms with E-state index in [-0.39, 0.29) is 24.4 Å². The maximum Gasteiger partial charge on any atom is 0.352 e. The van der Waals surface area contributed by atoms with Gasteiger partial charge in [-0.15, -0.1) is 0 Å². The number of Topliss-reactive ketones (excluding diaryl/α,β-unsaturated/α-hetero) is 1. The van der Waals surface area contributed by atoms with E-state index in [0.717, 1.165) is 23.8 Å². The first-order valence-corrected chi connectivity index (χ1v) is 9.80. The lowest BCUT2D eigenvalue weighted by Gasteiger charge is -2.29. The average Bonchev–Trinajstić information content (AvgIpc) is 2.98. The third kappa shape index (κ3) is 5.15. The Morgan fingerprint density at radius 3 is 2.59 bits per heavy atom. The minimum absolute atomic E-state index is 0.0446. The van der Waals surface area contributed by atoms with Crippen LogP contribution in [0, 0.1) is 0 Å². The summed E-state index contributed by atoms with van der Waals surface area (Å²) in [5.74, 6) is -0.247. The summed E-state index contributed by atoms with van der Waals surface area (Å²) >= 11 is 0. The summed E-state index contributed by atoms with van der Waals surface area (Å²) in [6.07, 6.45) is 6.97. The molecule has 0 radical (unpaired) electrons. The molecule has 0 aliphatic carbocycles. The maximum atomic E-state index is 13.0. The Labute approximate surface area is 159 Å². The van der Waals surface area contributed by atoms with Crippen molar-refractivity contribution in [2.24, 2.45) is 0 Å². The highest BCUT2D eigenvalue weighted by Crippen LogP contribution is 2.36. The summed E-state index contributed by atoms with van der Waals surface area (Å²) in [5, 5.41) is 19.6. The third-order valence-corrected chi connectivity index (χ3v) is 5.10. The van der Waals surface area contributed by atoms with E-state index in [4.69, 9.17) is 10.5 Å². The van der Waals surface area contributed by atoms with Gasteiger partial charge in [-0.2, -0.15) is 4.98 Å². The number of ether oxygens (including phenoxy) is 1. The number of aliphatic hydroxyl groups is 2. The molecule has 152 valence electrons. The molecule has 4 N–H and O–H groups in total. The molecule has 0 spiro atoms. The van der Waals surface area contributed by atoms with Crippen LogP contribution in [-0.4, -0.2) is 44.4 Å². The van der Waals surface area contributed by atoms with Crippen LogP contribution in [-0.2, 0) is 15.3 Å². The van der Waals surface area contributed by atoms with E-state index in [1.165, 1.54) is 31.5 Å². The number of carbonyl (C=O) groups excluding carboxylic acids is 1. The van der Waals surface area contributed by atoms with Gasteiger partial charge in [-0.05, 0) is 12.5 Å². The minimum atomic E-state index is -1.65. The molecule has 3 atom stereocenters. The van der Waals surface area contributed by atoms with Gasteiger partial charge in [0.15, 0.2) is 5.78 Å². The van der Waals surface area contributed by atoms with Crippen molar-refractivity contribution in [1.82, 2.24) is 9.55 Å². The second-order valence-corrected chi connectivity index (χ2v) is 7.19. The lowest BCUT2D eigenvalue weighted by molar-refractivity contribution is -0.162. The van der Waals surface area contributed by atoms with Crippen LogP contribution in [0.2, 0.25) is 0 Å². The molecule has 0 amide bonds. The van der Waals surface area contributed by atoms with Gasteiger partial charge < -0.3 is 20.7 Å². The predicted octanol–water partition coefficient (Wildman–Crippen LogP) is 1.33. The van der Waals surface area contributed by atoms with Gasteiger partial charge in [0.2, 0.25) is 5.72 Å². The molecular weight excluding hydrogens is 350 g/mol. The first-order valence-electron chi connectivity index (χ1n) is 9.80. The molecule has 1 fully saturated rings. The monoisotopic (exact) mass is 381 g/mol. The normalized spacial score (nSPS) is 25.0. The van der Waals surface area contributed by atoms with Crippen LogP contribution in [0.4, 0.5) is 5.82 Å². The molecule has 8 nitrogen and oxygen atoms in total. The number of ketones is 1. The lowest BCUT2D eigenvalue weighted by atomic mass is 9.97. The number of nitrogens with two attached hydrogens (primary N) is 1. The first kappa shape index (κ1) is 21.5. The Bertz CT molecular complexity index is 678. The number of carbonyl (C=O) groups is 1. The summed E-state index contributed by atoms with van der Waals surface area (Å²) in [4.78, 5) is 29.0. The minimum Gasteiger partial charge on any atom is -0.394 e. The fourth-order valence-electron chi connectivity index (χ4n) is 3.55. The SMILES string of the molecule is CCCCCCCCCC(=O)[C@]1(n2ccc(N)nc2=O)C[C@H](O)[C@@H](CO)O1. The van der Waals surface area contributed by atoms with E-state index >= 15 is 0 Å². The van der Waals surface area contributed by atoms with E-state index in [1.54, 1.807) is 0 Å². The molecule has 2 rings (SSSR count). The van der Waals surface area contributed by atoms with Crippen molar-refractivity contribution in [1.29, 1.82) is 0 Å². The van der Waals surface area contributed by atoms with Crippen molar-refractivity contribution in [3.63, 3.8) is 0 Å². The van der Waals surface area contributed by atoms with E-state index in [2.05, 4.69) is 11.9 Å². The van der Waals surface area contributed by atoms with Crippen LogP contribution in [0.25, 0.3) is 0 Å². The largest absolute Gasteiger partial charge is 0.394 e. The number of hydrogen-bond donors (Lipinski definition) is 3. The molecule has 0 unspecified atom stereocenters.